The van der Waals surface area contributed by atoms with E-state index in [0.29, 0.717) is 12.5 Å². The smallest absolute Gasteiger partial charge is 0.315 e. The Hall–Kier alpha value is -1.10. The van der Waals surface area contributed by atoms with E-state index in [1.165, 1.54) is 11.3 Å². The molecule has 1 aliphatic carbocycles. The molecule has 4 nitrogen and oxygen atoms in total. The lowest BCUT2D eigenvalue weighted by atomic mass is 10.1. The highest BCUT2D eigenvalue weighted by Gasteiger charge is 2.34. The molecule has 0 bridgehead atoms. The highest BCUT2D eigenvalue weighted by atomic mass is 32.1. The zero-order valence-corrected chi connectivity index (χ0v) is 13.6. The van der Waals surface area contributed by atoms with E-state index in [9.17, 15) is 4.79 Å². The molecule has 1 aromatic rings. The van der Waals surface area contributed by atoms with Crippen LogP contribution in [0.2, 0.25) is 0 Å². The maximum absolute atomic E-state index is 11.9. The first-order valence-electron chi connectivity index (χ1n) is 7.44. The minimum Gasteiger partial charge on any atom is -0.465 e. The van der Waals surface area contributed by atoms with Crippen LogP contribution in [-0.2, 0) is 16.0 Å². The summed E-state index contributed by atoms with van der Waals surface area (Å²) in [6.07, 6.45) is 2.97. The predicted octanol–water partition coefficient (Wildman–Crippen LogP) is 3.22. The van der Waals surface area contributed by atoms with Gasteiger partial charge in [0.1, 0.15) is 5.92 Å². The van der Waals surface area contributed by atoms with Crippen LogP contribution in [0, 0.1) is 5.92 Å². The number of aryl methyl sites for hydroxylation is 1. The van der Waals surface area contributed by atoms with Crippen LogP contribution in [0.5, 0.6) is 0 Å². The number of thiazole rings is 1. The minimum atomic E-state index is -0.146. The number of hydrogen-bond donors (Lipinski definition) is 0. The fourth-order valence-electron chi connectivity index (χ4n) is 2.52. The fourth-order valence-corrected chi connectivity index (χ4v) is 3.63. The number of fused-ring (bicyclic) bond motifs is 1. The predicted molar refractivity (Wildman–Crippen MR) is 82.5 cm³/mol. The normalized spacial score (nSPS) is 18.7. The van der Waals surface area contributed by atoms with Crippen LogP contribution in [0.4, 0.5) is 5.13 Å². The number of rotatable bonds is 6. The van der Waals surface area contributed by atoms with Gasteiger partial charge in [0.2, 0.25) is 0 Å². The van der Waals surface area contributed by atoms with Crippen molar-refractivity contribution in [2.75, 3.05) is 25.1 Å². The molecule has 0 spiro atoms. The van der Waals surface area contributed by atoms with Crippen LogP contribution in [0.15, 0.2) is 0 Å². The second-order valence-corrected chi connectivity index (χ2v) is 6.60. The Morgan fingerprint density at radius 1 is 1.55 bits per heavy atom. The summed E-state index contributed by atoms with van der Waals surface area (Å²) in [4.78, 5) is 20.1. The zero-order chi connectivity index (χ0) is 14.7. The van der Waals surface area contributed by atoms with E-state index in [1.54, 1.807) is 11.3 Å². The molecule has 0 radical (unpaired) electrons. The standard InChI is InChI=1S/C15H24N2O2S/c1-5-10(3)9-17(4)15-16-13-11(14(18)19-6-2)7-8-12(13)20-15/h10-11H,5-9H2,1-4H3. The van der Waals surface area contributed by atoms with Crippen molar-refractivity contribution in [2.45, 2.75) is 46.0 Å². The zero-order valence-electron chi connectivity index (χ0n) is 12.8. The quantitative estimate of drug-likeness (QED) is 0.756. The van der Waals surface area contributed by atoms with Gasteiger partial charge in [-0.1, -0.05) is 20.3 Å². The number of carbonyl (C=O) groups excluding carboxylic acids is 1. The summed E-state index contributed by atoms with van der Waals surface area (Å²) in [7, 11) is 2.08. The van der Waals surface area contributed by atoms with E-state index in [-0.39, 0.29) is 11.9 Å². The van der Waals surface area contributed by atoms with Crippen molar-refractivity contribution in [1.29, 1.82) is 0 Å². The second-order valence-electron chi connectivity index (χ2n) is 5.54. The van der Waals surface area contributed by atoms with Crippen molar-refractivity contribution in [3.8, 4) is 0 Å². The molecule has 1 heterocycles. The summed E-state index contributed by atoms with van der Waals surface area (Å²) in [6, 6.07) is 0. The van der Waals surface area contributed by atoms with E-state index in [0.717, 1.165) is 30.2 Å². The number of hydrogen-bond acceptors (Lipinski definition) is 5. The van der Waals surface area contributed by atoms with E-state index >= 15 is 0 Å². The van der Waals surface area contributed by atoms with Crippen LogP contribution >= 0.6 is 11.3 Å². The molecule has 112 valence electrons. The first-order valence-corrected chi connectivity index (χ1v) is 8.25. The van der Waals surface area contributed by atoms with Gasteiger partial charge in [-0.15, -0.1) is 11.3 Å². The Labute approximate surface area is 125 Å². The van der Waals surface area contributed by atoms with Crippen molar-refractivity contribution >= 4 is 22.4 Å². The molecule has 0 amide bonds. The van der Waals surface area contributed by atoms with E-state index in [2.05, 4.69) is 25.8 Å². The maximum atomic E-state index is 11.9. The Bertz CT molecular complexity index is 472. The number of ether oxygens (including phenoxy) is 1. The summed E-state index contributed by atoms with van der Waals surface area (Å²) in [5.74, 6) is 0.388. The van der Waals surface area contributed by atoms with Gasteiger partial charge in [-0.25, -0.2) is 4.98 Å². The molecular formula is C15H24N2O2S. The average molecular weight is 296 g/mol. The molecule has 0 saturated heterocycles. The topological polar surface area (TPSA) is 42.4 Å². The van der Waals surface area contributed by atoms with Crippen LogP contribution in [0.3, 0.4) is 0 Å². The minimum absolute atomic E-state index is 0.118. The van der Waals surface area contributed by atoms with Crippen molar-refractivity contribution in [1.82, 2.24) is 4.98 Å². The van der Waals surface area contributed by atoms with Gasteiger partial charge in [0, 0.05) is 18.5 Å². The summed E-state index contributed by atoms with van der Waals surface area (Å²) in [5, 5.41) is 1.03. The highest BCUT2D eigenvalue weighted by Crippen LogP contribution is 2.39. The molecule has 2 rings (SSSR count). The number of esters is 1. The molecule has 20 heavy (non-hydrogen) atoms. The average Bonchev–Trinajstić information content (AvgIpc) is 2.98. The molecule has 0 aromatic carbocycles. The third-order valence-electron chi connectivity index (χ3n) is 3.89. The monoisotopic (exact) mass is 296 g/mol. The molecule has 0 N–H and O–H groups in total. The Morgan fingerprint density at radius 2 is 2.30 bits per heavy atom. The van der Waals surface area contributed by atoms with Crippen LogP contribution in [0.25, 0.3) is 0 Å². The molecule has 0 fully saturated rings. The summed E-state index contributed by atoms with van der Waals surface area (Å²) in [6.45, 7) is 7.75. The van der Waals surface area contributed by atoms with E-state index in [4.69, 9.17) is 9.72 Å². The molecule has 2 unspecified atom stereocenters. The maximum Gasteiger partial charge on any atom is 0.315 e. The van der Waals surface area contributed by atoms with Crippen molar-refractivity contribution in [3.63, 3.8) is 0 Å². The van der Waals surface area contributed by atoms with Crippen LogP contribution < -0.4 is 4.90 Å². The van der Waals surface area contributed by atoms with Crippen molar-refractivity contribution in [3.05, 3.63) is 10.6 Å². The summed E-state index contributed by atoms with van der Waals surface area (Å²) in [5.41, 5.74) is 0.958. The van der Waals surface area contributed by atoms with Crippen LogP contribution in [-0.4, -0.2) is 31.2 Å². The molecular weight excluding hydrogens is 272 g/mol. The number of carbonyl (C=O) groups is 1. The van der Waals surface area contributed by atoms with E-state index in [1.807, 2.05) is 6.92 Å². The van der Waals surface area contributed by atoms with Gasteiger partial charge in [0.05, 0.1) is 12.3 Å². The summed E-state index contributed by atoms with van der Waals surface area (Å²) >= 11 is 1.73. The number of aromatic nitrogens is 1. The van der Waals surface area contributed by atoms with E-state index < -0.39 is 0 Å². The fraction of sp³-hybridized carbons (Fsp3) is 0.733. The highest BCUT2D eigenvalue weighted by molar-refractivity contribution is 7.15. The van der Waals surface area contributed by atoms with Gasteiger partial charge in [0.25, 0.3) is 0 Å². The SMILES string of the molecule is CCOC(=O)C1CCc2sc(N(C)CC(C)CC)nc21. The third-order valence-corrected chi connectivity index (χ3v) is 5.13. The Balaban J connectivity index is 2.10. The van der Waals surface area contributed by atoms with Gasteiger partial charge in [-0.05, 0) is 25.7 Å². The lowest BCUT2D eigenvalue weighted by Gasteiger charge is -2.20. The van der Waals surface area contributed by atoms with Gasteiger partial charge < -0.3 is 9.64 Å². The molecule has 2 atom stereocenters. The second kappa shape index (κ2) is 6.57. The van der Waals surface area contributed by atoms with Gasteiger partial charge in [0.15, 0.2) is 5.13 Å². The first-order chi connectivity index (χ1) is 9.56. The van der Waals surface area contributed by atoms with Gasteiger partial charge in [-0.2, -0.15) is 0 Å². The molecule has 0 saturated carbocycles. The number of anilines is 1. The van der Waals surface area contributed by atoms with Crippen LogP contribution in [0.1, 0.15) is 50.1 Å². The third kappa shape index (κ3) is 3.14. The lowest BCUT2D eigenvalue weighted by Crippen LogP contribution is -2.23. The van der Waals surface area contributed by atoms with Gasteiger partial charge >= 0.3 is 5.97 Å². The lowest BCUT2D eigenvalue weighted by molar-refractivity contribution is -0.145. The molecule has 5 heteroatoms. The Morgan fingerprint density at radius 3 is 2.95 bits per heavy atom. The molecule has 1 aliphatic rings. The largest absolute Gasteiger partial charge is 0.465 e. The molecule has 0 aliphatic heterocycles. The Kier molecular flexibility index (Phi) is 5.02. The van der Waals surface area contributed by atoms with Crippen molar-refractivity contribution in [2.24, 2.45) is 5.92 Å². The summed E-state index contributed by atoms with van der Waals surface area (Å²) < 4.78 is 5.15. The van der Waals surface area contributed by atoms with Crippen molar-refractivity contribution < 1.29 is 9.53 Å². The first kappa shape index (κ1) is 15.3. The van der Waals surface area contributed by atoms with Gasteiger partial charge in [-0.3, -0.25) is 4.79 Å². The number of nitrogens with zero attached hydrogens (tertiary/aromatic N) is 2. The molecule has 1 aromatic heterocycles.